The molecule has 1 aromatic rings. The fourth-order valence-electron chi connectivity index (χ4n) is 7.66. The molecule has 34 heavy (non-hydrogen) atoms. The van der Waals surface area contributed by atoms with Crippen LogP contribution in [0.5, 0.6) is 11.5 Å². The molecule has 4 aliphatic carbocycles. The first kappa shape index (κ1) is 23.5. The molecule has 4 bridgehead atoms. The van der Waals surface area contributed by atoms with Crippen molar-refractivity contribution >= 4 is 11.8 Å². The lowest BCUT2D eigenvalue weighted by Gasteiger charge is -2.56. The van der Waals surface area contributed by atoms with Crippen LogP contribution < -0.4 is 14.8 Å². The minimum absolute atomic E-state index is 0.00606. The van der Waals surface area contributed by atoms with E-state index in [4.69, 9.17) is 9.47 Å². The van der Waals surface area contributed by atoms with Crippen molar-refractivity contribution in [3.05, 3.63) is 23.8 Å². The highest BCUT2D eigenvalue weighted by Crippen LogP contribution is 2.60. The molecule has 1 saturated heterocycles. The summed E-state index contributed by atoms with van der Waals surface area (Å²) in [6, 6.07) is 5.66. The first-order valence-corrected chi connectivity index (χ1v) is 13.5. The molecular formula is C28H40N2O4. The lowest BCUT2D eigenvalue weighted by atomic mass is 9.49. The summed E-state index contributed by atoms with van der Waals surface area (Å²) in [5.41, 5.74) is 0.926. The predicted octanol–water partition coefficient (Wildman–Crippen LogP) is 4.35. The Bertz CT molecular complexity index is 878. The predicted molar refractivity (Wildman–Crippen MR) is 131 cm³/mol. The molecule has 1 aliphatic heterocycles. The van der Waals surface area contributed by atoms with Gasteiger partial charge in [0.2, 0.25) is 11.8 Å². The molecule has 1 N–H and O–H groups in total. The highest BCUT2D eigenvalue weighted by Gasteiger charge is 2.56. The Kier molecular flexibility index (Phi) is 6.76. The van der Waals surface area contributed by atoms with E-state index in [-0.39, 0.29) is 23.3 Å². The van der Waals surface area contributed by atoms with Crippen molar-refractivity contribution in [3.63, 3.8) is 0 Å². The van der Waals surface area contributed by atoms with Gasteiger partial charge in [-0.3, -0.25) is 9.59 Å². The third kappa shape index (κ3) is 4.52. The van der Waals surface area contributed by atoms with Gasteiger partial charge in [0, 0.05) is 13.1 Å². The van der Waals surface area contributed by atoms with E-state index >= 15 is 0 Å². The first-order chi connectivity index (χ1) is 16.5. The Morgan fingerprint density at radius 2 is 1.65 bits per heavy atom. The van der Waals surface area contributed by atoms with Gasteiger partial charge in [0.1, 0.15) is 6.04 Å². The van der Waals surface area contributed by atoms with Crippen LogP contribution in [-0.4, -0.2) is 49.1 Å². The van der Waals surface area contributed by atoms with Gasteiger partial charge >= 0.3 is 0 Å². The number of nitrogens with one attached hydrogen (secondary N) is 1. The average Bonchev–Trinajstić information content (AvgIpc) is 3.29. The maximum atomic E-state index is 13.8. The minimum atomic E-state index is -0.306. The SMILES string of the molecule is CCOc1ccc(CCNC(=O)[C@H]2CCCN2C(=O)C23CC4CC(CC(C4)C2)C3)cc1OCC. The number of hydrogen-bond acceptors (Lipinski definition) is 4. The molecule has 5 aliphatic rings. The van der Waals surface area contributed by atoms with Crippen molar-refractivity contribution in [2.75, 3.05) is 26.3 Å². The van der Waals surface area contributed by atoms with Crippen LogP contribution >= 0.6 is 0 Å². The van der Waals surface area contributed by atoms with Crippen LogP contribution in [0.4, 0.5) is 0 Å². The first-order valence-electron chi connectivity index (χ1n) is 13.5. The molecule has 1 aromatic carbocycles. The molecular weight excluding hydrogens is 428 g/mol. The quantitative estimate of drug-likeness (QED) is 0.585. The van der Waals surface area contributed by atoms with E-state index in [2.05, 4.69) is 5.32 Å². The van der Waals surface area contributed by atoms with E-state index in [1.165, 1.54) is 19.3 Å². The largest absolute Gasteiger partial charge is 0.490 e. The number of carbonyl (C=O) groups excluding carboxylic acids is 2. The number of rotatable bonds is 9. The molecule has 6 heteroatoms. The molecule has 1 heterocycles. The smallest absolute Gasteiger partial charge is 0.242 e. The number of ether oxygens (including phenoxy) is 2. The van der Waals surface area contributed by atoms with Gasteiger partial charge in [0.25, 0.3) is 0 Å². The lowest BCUT2D eigenvalue weighted by Crippen LogP contribution is -2.57. The lowest BCUT2D eigenvalue weighted by molar-refractivity contribution is -0.160. The van der Waals surface area contributed by atoms with Crippen molar-refractivity contribution in [2.24, 2.45) is 23.2 Å². The molecule has 0 unspecified atom stereocenters. The normalized spacial score (nSPS) is 31.5. The minimum Gasteiger partial charge on any atom is -0.490 e. The second-order valence-corrected chi connectivity index (χ2v) is 11.0. The van der Waals surface area contributed by atoms with E-state index in [0.717, 1.165) is 73.5 Å². The molecule has 5 fully saturated rings. The van der Waals surface area contributed by atoms with E-state index in [1.54, 1.807) is 0 Å². The molecule has 186 valence electrons. The van der Waals surface area contributed by atoms with Crippen molar-refractivity contribution in [1.82, 2.24) is 10.2 Å². The Labute approximate surface area is 203 Å². The molecule has 0 aromatic heterocycles. The molecule has 6 nitrogen and oxygen atoms in total. The summed E-state index contributed by atoms with van der Waals surface area (Å²) in [5, 5.41) is 3.12. The summed E-state index contributed by atoms with van der Waals surface area (Å²) in [5.74, 6) is 4.00. The Hall–Kier alpha value is -2.24. The van der Waals surface area contributed by atoms with Crippen LogP contribution in [0.25, 0.3) is 0 Å². The van der Waals surface area contributed by atoms with Crippen molar-refractivity contribution in [2.45, 2.75) is 77.7 Å². The van der Waals surface area contributed by atoms with Crippen LogP contribution in [0.3, 0.4) is 0 Å². The average molecular weight is 469 g/mol. The monoisotopic (exact) mass is 468 g/mol. The van der Waals surface area contributed by atoms with Crippen LogP contribution in [0, 0.1) is 23.2 Å². The molecule has 4 saturated carbocycles. The fourth-order valence-corrected chi connectivity index (χ4v) is 7.66. The number of carbonyl (C=O) groups is 2. The standard InChI is InChI=1S/C28H40N2O4/c1-3-33-24-8-7-19(15-25(24)34-4-2)9-10-29-26(31)23-6-5-11-30(23)27(32)28-16-20-12-21(17-28)14-22(13-20)18-28/h7-8,15,20-23H,3-6,9-14,16-18H2,1-2H3,(H,29,31)/t20?,21?,22?,23-,28?/m1/s1. The molecule has 6 rings (SSSR count). The summed E-state index contributed by atoms with van der Waals surface area (Å²) in [7, 11) is 0. The van der Waals surface area contributed by atoms with Gasteiger partial charge in [-0.15, -0.1) is 0 Å². The Morgan fingerprint density at radius 1 is 1.00 bits per heavy atom. The van der Waals surface area contributed by atoms with Gasteiger partial charge in [-0.05, 0) is 107 Å². The Morgan fingerprint density at radius 3 is 2.29 bits per heavy atom. The summed E-state index contributed by atoms with van der Waals surface area (Å²) < 4.78 is 11.4. The zero-order chi connectivity index (χ0) is 23.7. The van der Waals surface area contributed by atoms with Gasteiger partial charge in [0.05, 0.1) is 18.6 Å². The molecule has 0 spiro atoms. The van der Waals surface area contributed by atoms with E-state index < -0.39 is 0 Å². The zero-order valence-corrected chi connectivity index (χ0v) is 20.8. The van der Waals surface area contributed by atoms with Crippen LogP contribution in [0.2, 0.25) is 0 Å². The van der Waals surface area contributed by atoms with Crippen molar-refractivity contribution in [3.8, 4) is 11.5 Å². The molecule has 0 radical (unpaired) electrons. The van der Waals surface area contributed by atoms with Gasteiger partial charge in [-0.2, -0.15) is 0 Å². The highest BCUT2D eigenvalue weighted by molar-refractivity contribution is 5.91. The maximum Gasteiger partial charge on any atom is 0.242 e. The van der Waals surface area contributed by atoms with Crippen molar-refractivity contribution < 1.29 is 19.1 Å². The highest BCUT2D eigenvalue weighted by atomic mass is 16.5. The number of benzene rings is 1. The van der Waals surface area contributed by atoms with Gasteiger partial charge < -0.3 is 19.7 Å². The van der Waals surface area contributed by atoms with Crippen molar-refractivity contribution in [1.29, 1.82) is 0 Å². The summed E-state index contributed by atoms with van der Waals surface area (Å²) in [4.78, 5) is 28.9. The fraction of sp³-hybridized carbons (Fsp3) is 0.714. The van der Waals surface area contributed by atoms with E-state index in [0.29, 0.717) is 26.2 Å². The summed E-state index contributed by atoms with van der Waals surface area (Å²) in [6.07, 6.45) is 9.57. The van der Waals surface area contributed by atoms with Crippen LogP contribution in [0.15, 0.2) is 18.2 Å². The number of hydrogen-bond donors (Lipinski definition) is 1. The Balaban J connectivity index is 1.18. The van der Waals surface area contributed by atoms with E-state index in [9.17, 15) is 9.59 Å². The number of likely N-dealkylation sites (tertiary alicyclic amines) is 1. The summed E-state index contributed by atoms with van der Waals surface area (Å²) >= 11 is 0. The molecule has 1 atom stereocenters. The summed E-state index contributed by atoms with van der Waals surface area (Å²) in [6.45, 7) is 6.37. The second kappa shape index (κ2) is 9.79. The second-order valence-electron chi connectivity index (χ2n) is 11.0. The third-order valence-corrected chi connectivity index (χ3v) is 8.63. The van der Waals surface area contributed by atoms with Crippen LogP contribution in [-0.2, 0) is 16.0 Å². The zero-order valence-electron chi connectivity index (χ0n) is 20.8. The van der Waals surface area contributed by atoms with E-state index in [1.807, 2.05) is 36.9 Å². The maximum absolute atomic E-state index is 13.8. The topological polar surface area (TPSA) is 67.9 Å². The molecule has 2 amide bonds. The number of amides is 2. The van der Waals surface area contributed by atoms with Gasteiger partial charge in [-0.1, -0.05) is 6.07 Å². The van der Waals surface area contributed by atoms with Crippen LogP contribution in [0.1, 0.15) is 70.8 Å². The third-order valence-electron chi connectivity index (χ3n) is 8.63. The van der Waals surface area contributed by atoms with Gasteiger partial charge in [0.15, 0.2) is 11.5 Å². The van der Waals surface area contributed by atoms with Gasteiger partial charge in [-0.25, -0.2) is 0 Å². The number of nitrogens with zero attached hydrogens (tertiary/aromatic N) is 1.